The van der Waals surface area contributed by atoms with Crippen LogP contribution in [0, 0.1) is 0 Å². The van der Waals surface area contributed by atoms with Crippen LogP contribution in [0.15, 0.2) is 42.5 Å². The summed E-state index contributed by atoms with van der Waals surface area (Å²) in [5.41, 5.74) is 0.706. The molecule has 0 aliphatic heterocycles. The molecule has 0 aliphatic carbocycles. The molecule has 0 saturated heterocycles. The first-order chi connectivity index (χ1) is 9.04. The van der Waals surface area contributed by atoms with Gasteiger partial charge in [-0.1, -0.05) is 35.3 Å². The van der Waals surface area contributed by atoms with E-state index in [0.29, 0.717) is 27.1 Å². The highest BCUT2D eigenvalue weighted by atomic mass is 35.5. The molecule has 2 aromatic carbocycles. The summed E-state index contributed by atoms with van der Waals surface area (Å²) in [5, 5.41) is 9.66. The van der Waals surface area contributed by atoms with E-state index in [-0.39, 0.29) is 6.42 Å². The van der Waals surface area contributed by atoms with Gasteiger partial charge in [-0.2, -0.15) is 0 Å². The van der Waals surface area contributed by atoms with Gasteiger partial charge in [0, 0.05) is 11.1 Å². The van der Waals surface area contributed by atoms with Gasteiger partial charge in [-0.15, -0.1) is 0 Å². The maximum Gasteiger partial charge on any atom is 0.307 e. The molecule has 98 valence electrons. The number of hydrogen-bond acceptors (Lipinski definition) is 2. The molecule has 2 rings (SSSR count). The van der Waals surface area contributed by atoms with Crippen molar-refractivity contribution in [2.45, 2.75) is 6.42 Å². The fourth-order valence-corrected chi connectivity index (χ4v) is 1.85. The highest BCUT2D eigenvalue weighted by Gasteiger charge is 2.05. The van der Waals surface area contributed by atoms with Crippen LogP contribution in [0.2, 0.25) is 10.0 Å². The summed E-state index contributed by atoms with van der Waals surface area (Å²) in [6.07, 6.45) is -0.0157. The van der Waals surface area contributed by atoms with Crippen LogP contribution in [-0.4, -0.2) is 11.1 Å². The molecular weight excluding hydrogens is 287 g/mol. The Morgan fingerprint density at radius 1 is 1.11 bits per heavy atom. The second kappa shape index (κ2) is 5.95. The molecule has 0 bridgehead atoms. The second-order valence-corrected chi connectivity index (χ2v) is 4.73. The first kappa shape index (κ1) is 13.7. The maximum atomic E-state index is 10.6. The van der Waals surface area contributed by atoms with Gasteiger partial charge in [0.2, 0.25) is 0 Å². The SMILES string of the molecule is O=C(O)Cc1ccc(Oc2cc(Cl)ccc2Cl)cc1. The van der Waals surface area contributed by atoms with Gasteiger partial charge in [-0.05, 0) is 29.8 Å². The summed E-state index contributed by atoms with van der Waals surface area (Å²) >= 11 is 11.8. The van der Waals surface area contributed by atoms with E-state index >= 15 is 0 Å². The van der Waals surface area contributed by atoms with Crippen molar-refractivity contribution in [1.82, 2.24) is 0 Å². The van der Waals surface area contributed by atoms with E-state index in [0.717, 1.165) is 0 Å². The van der Waals surface area contributed by atoms with Crippen LogP contribution < -0.4 is 4.74 Å². The number of aliphatic carboxylic acids is 1. The Kier molecular flexibility index (Phi) is 4.30. The van der Waals surface area contributed by atoms with E-state index in [9.17, 15) is 4.79 Å². The first-order valence-electron chi connectivity index (χ1n) is 5.48. The number of ether oxygens (including phenoxy) is 1. The Labute approximate surface area is 120 Å². The second-order valence-electron chi connectivity index (χ2n) is 3.89. The average Bonchev–Trinajstić information content (AvgIpc) is 2.35. The lowest BCUT2D eigenvalue weighted by Gasteiger charge is -2.08. The lowest BCUT2D eigenvalue weighted by Crippen LogP contribution is -1.99. The fourth-order valence-electron chi connectivity index (χ4n) is 1.53. The van der Waals surface area contributed by atoms with Gasteiger partial charge in [0.05, 0.1) is 11.4 Å². The lowest BCUT2D eigenvalue weighted by molar-refractivity contribution is -0.136. The number of hydrogen-bond donors (Lipinski definition) is 1. The van der Waals surface area contributed by atoms with Crippen LogP contribution in [0.3, 0.4) is 0 Å². The molecule has 0 radical (unpaired) electrons. The van der Waals surface area contributed by atoms with Gasteiger partial charge in [0.1, 0.15) is 11.5 Å². The van der Waals surface area contributed by atoms with Crippen molar-refractivity contribution in [1.29, 1.82) is 0 Å². The number of carboxylic acid groups (broad SMARTS) is 1. The molecule has 0 atom stereocenters. The summed E-state index contributed by atoms with van der Waals surface area (Å²) in [6, 6.07) is 11.7. The van der Waals surface area contributed by atoms with E-state index < -0.39 is 5.97 Å². The van der Waals surface area contributed by atoms with Gasteiger partial charge in [0.15, 0.2) is 0 Å². The van der Waals surface area contributed by atoms with E-state index in [1.807, 2.05) is 0 Å². The Balaban J connectivity index is 2.15. The third-order valence-electron chi connectivity index (χ3n) is 2.40. The smallest absolute Gasteiger partial charge is 0.307 e. The van der Waals surface area contributed by atoms with E-state index in [1.54, 1.807) is 42.5 Å². The van der Waals surface area contributed by atoms with Crippen molar-refractivity contribution in [3.05, 3.63) is 58.1 Å². The molecule has 0 aromatic heterocycles. The predicted molar refractivity (Wildman–Crippen MR) is 74.3 cm³/mol. The molecule has 2 aromatic rings. The molecule has 0 spiro atoms. The zero-order valence-corrected chi connectivity index (χ0v) is 11.3. The molecule has 0 heterocycles. The van der Waals surface area contributed by atoms with Crippen LogP contribution in [-0.2, 0) is 11.2 Å². The van der Waals surface area contributed by atoms with Crippen molar-refractivity contribution in [3.63, 3.8) is 0 Å². The van der Waals surface area contributed by atoms with Crippen LogP contribution >= 0.6 is 23.2 Å². The molecular formula is C14H10Cl2O3. The van der Waals surface area contributed by atoms with Crippen molar-refractivity contribution in [2.75, 3.05) is 0 Å². The van der Waals surface area contributed by atoms with Crippen LogP contribution in [0.1, 0.15) is 5.56 Å². The highest BCUT2D eigenvalue weighted by Crippen LogP contribution is 2.31. The number of carboxylic acids is 1. The third kappa shape index (κ3) is 3.88. The van der Waals surface area contributed by atoms with Gasteiger partial charge in [-0.3, -0.25) is 4.79 Å². The van der Waals surface area contributed by atoms with E-state index in [1.165, 1.54) is 0 Å². The summed E-state index contributed by atoms with van der Waals surface area (Å²) in [5.74, 6) is 0.157. The van der Waals surface area contributed by atoms with Gasteiger partial charge in [-0.25, -0.2) is 0 Å². The molecule has 0 saturated carbocycles. The van der Waals surface area contributed by atoms with Crippen LogP contribution in [0.25, 0.3) is 0 Å². The van der Waals surface area contributed by atoms with E-state index in [4.69, 9.17) is 33.0 Å². The number of rotatable bonds is 4. The molecule has 1 N–H and O–H groups in total. The topological polar surface area (TPSA) is 46.5 Å². The Morgan fingerprint density at radius 3 is 2.42 bits per heavy atom. The summed E-state index contributed by atoms with van der Waals surface area (Å²) in [4.78, 5) is 10.6. The molecule has 0 amide bonds. The summed E-state index contributed by atoms with van der Waals surface area (Å²) in [6.45, 7) is 0. The van der Waals surface area contributed by atoms with Crippen molar-refractivity contribution >= 4 is 29.2 Å². The monoisotopic (exact) mass is 296 g/mol. The standard InChI is InChI=1S/C14H10Cl2O3/c15-10-3-6-12(16)13(8-10)19-11-4-1-9(2-5-11)7-14(17)18/h1-6,8H,7H2,(H,17,18). The number of carbonyl (C=O) groups is 1. The molecule has 0 aliphatic rings. The Bertz CT molecular complexity index is 594. The molecule has 0 unspecified atom stereocenters. The van der Waals surface area contributed by atoms with Crippen LogP contribution in [0.4, 0.5) is 0 Å². The fraction of sp³-hybridized carbons (Fsp3) is 0.0714. The summed E-state index contributed by atoms with van der Waals surface area (Å²) in [7, 11) is 0. The van der Waals surface area contributed by atoms with Crippen molar-refractivity contribution in [2.24, 2.45) is 0 Å². The molecule has 3 nitrogen and oxygen atoms in total. The largest absolute Gasteiger partial charge is 0.481 e. The Hall–Kier alpha value is -1.71. The first-order valence-corrected chi connectivity index (χ1v) is 6.24. The normalized spacial score (nSPS) is 10.2. The lowest BCUT2D eigenvalue weighted by atomic mass is 10.1. The third-order valence-corrected chi connectivity index (χ3v) is 2.95. The molecule has 0 fully saturated rings. The average molecular weight is 297 g/mol. The highest BCUT2D eigenvalue weighted by molar-refractivity contribution is 6.34. The zero-order chi connectivity index (χ0) is 13.8. The Morgan fingerprint density at radius 2 is 1.79 bits per heavy atom. The van der Waals surface area contributed by atoms with Gasteiger partial charge < -0.3 is 9.84 Å². The predicted octanol–water partition coefficient (Wildman–Crippen LogP) is 4.41. The summed E-state index contributed by atoms with van der Waals surface area (Å²) < 4.78 is 5.59. The van der Waals surface area contributed by atoms with Crippen LogP contribution in [0.5, 0.6) is 11.5 Å². The maximum absolute atomic E-state index is 10.6. The minimum atomic E-state index is -0.869. The van der Waals surface area contributed by atoms with Gasteiger partial charge in [0.25, 0.3) is 0 Å². The number of benzene rings is 2. The van der Waals surface area contributed by atoms with E-state index in [2.05, 4.69) is 0 Å². The molecule has 19 heavy (non-hydrogen) atoms. The van der Waals surface area contributed by atoms with Gasteiger partial charge >= 0.3 is 5.97 Å². The minimum absolute atomic E-state index is 0.0157. The molecule has 5 heteroatoms. The van der Waals surface area contributed by atoms with Crippen molar-refractivity contribution < 1.29 is 14.6 Å². The quantitative estimate of drug-likeness (QED) is 0.909. The number of halogens is 2. The zero-order valence-electron chi connectivity index (χ0n) is 9.77. The van der Waals surface area contributed by atoms with Crippen molar-refractivity contribution in [3.8, 4) is 11.5 Å². The minimum Gasteiger partial charge on any atom is -0.481 e.